The van der Waals surface area contributed by atoms with Gasteiger partial charge < -0.3 is 24.0 Å². The van der Waals surface area contributed by atoms with Crippen LogP contribution >= 0.6 is 11.8 Å². The molecule has 1 aliphatic carbocycles. The van der Waals surface area contributed by atoms with E-state index in [1.165, 1.54) is 25.4 Å². The largest absolute Gasteiger partial charge is 0.493 e. The molecule has 39 heavy (non-hydrogen) atoms. The normalized spacial score (nSPS) is 19.4. The molecule has 1 aliphatic heterocycles. The SMILES string of the molecule is CC[C@H]1SC(C=O)N(Cc2cccc(NC(=O)c3cnco3)c2)N=C1c1ccc(OC)c(OC2CCCC2)c1. The van der Waals surface area contributed by atoms with Crippen LogP contribution < -0.4 is 14.8 Å². The van der Waals surface area contributed by atoms with Crippen molar-refractivity contribution in [2.45, 2.75) is 62.3 Å². The van der Waals surface area contributed by atoms with Gasteiger partial charge in [0, 0.05) is 11.3 Å². The second-order valence-corrected chi connectivity index (χ2v) is 10.9. The summed E-state index contributed by atoms with van der Waals surface area (Å²) in [6.45, 7) is 2.49. The molecule has 5 rings (SSSR count). The van der Waals surface area contributed by atoms with Crippen LogP contribution in [0, 0.1) is 0 Å². The third-order valence-electron chi connectivity index (χ3n) is 6.87. The third-order valence-corrected chi connectivity index (χ3v) is 8.39. The minimum atomic E-state index is -0.432. The first-order valence-electron chi connectivity index (χ1n) is 13.2. The molecule has 0 saturated heterocycles. The Morgan fingerprint density at radius 1 is 1.21 bits per heavy atom. The number of rotatable bonds is 10. The lowest BCUT2D eigenvalue weighted by atomic mass is 10.0. The third kappa shape index (κ3) is 6.27. The lowest BCUT2D eigenvalue weighted by Crippen LogP contribution is -2.39. The molecule has 2 heterocycles. The van der Waals surface area contributed by atoms with Crippen LogP contribution in [0.25, 0.3) is 0 Å². The van der Waals surface area contributed by atoms with Gasteiger partial charge in [-0.15, -0.1) is 11.8 Å². The highest BCUT2D eigenvalue weighted by atomic mass is 32.2. The maximum Gasteiger partial charge on any atom is 0.293 e. The summed E-state index contributed by atoms with van der Waals surface area (Å²) in [4.78, 5) is 28.3. The van der Waals surface area contributed by atoms with Gasteiger partial charge in [-0.05, 0) is 68.0 Å². The van der Waals surface area contributed by atoms with Crippen molar-refractivity contribution in [3.05, 3.63) is 71.9 Å². The number of thioether (sulfide) groups is 1. The molecule has 2 aromatic carbocycles. The minimum Gasteiger partial charge on any atom is -0.493 e. The van der Waals surface area contributed by atoms with Crippen molar-refractivity contribution >= 4 is 35.4 Å². The van der Waals surface area contributed by atoms with Crippen LogP contribution in [0.2, 0.25) is 0 Å². The van der Waals surface area contributed by atoms with Crippen molar-refractivity contribution in [2.24, 2.45) is 5.10 Å². The Kier molecular flexibility index (Phi) is 8.51. The van der Waals surface area contributed by atoms with Crippen molar-refractivity contribution in [3.63, 3.8) is 0 Å². The van der Waals surface area contributed by atoms with Crippen LogP contribution in [0.3, 0.4) is 0 Å². The molecule has 204 valence electrons. The van der Waals surface area contributed by atoms with E-state index in [0.29, 0.717) is 18.0 Å². The number of aldehydes is 1. The molecule has 9 nitrogen and oxygen atoms in total. The van der Waals surface area contributed by atoms with Crippen LogP contribution in [-0.4, -0.2) is 51.7 Å². The molecule has 1 N–H and O–H groups in total. The highest BCUT2D eigenvalue weighted by Crippen LogP contribution is 2.37. The summed E-state index contributed by atoms with van der Waals surface area (Å²) in [6, 6.07) is 13.4. The molecule has 2 atom stereocenters. The van der Waals surface area contributed by atoms with Crippen LogP contribution in [0.4, 0.5) is 5.69 Å². The Morgan fingerprint density at radius 3 is 2.77 bits per heavy atom. The summed E-state index contributed by atoms with van der Waals surface area (Å²) in [7, 11) is 1.65. The standard InChI is InChI=1S/C29H32N4O5S/c1-3-26-28(20-11-12-23(36-2)24(14-20)38-22-9-4-5-10-22)32-33(27(17-34)39-26)16-19-7-6-8-21(13-19)31-29(35)25-15-30-18-37-25/h6-8,11-15,17-18,22,26-27H,3-5,9-10,16H2,1-2H3,(H,31,35)/t26-,27?/m1/s1. The molecule has 1 amide bonds. The summed E-state index contributed by atoms with van der Waals surface area (Å²) < 4.78 is 17.0. The number of amides is 1. The number of benzene rings is 2. The molecule has 0 bridgehead atoms. The monoisotopic (exact) mass is 548 g/mol. The number of carbonyl (C=O) groups excluding carboxylic acids is 2. The zero-order valence-electron chi connectivity index (χ0n) is 22.0. The lowest BCUT2D eigenvalue weighted by molar-refractivity contribution is -0.110. The summed E-state index contributed by atoms with van der Waals surface area (Å²) in [5, 5.41) is 9.24. The van der Waals surface area contributed by atoms with Gasteiger partial charge in [0.2, 0.25) is 5.76 Å². The number of hydrogen-bond donors (Lipinski definition) is 1. The van der Waals surface area contributed by atoms with Gasteiger partial charge in [0.05, 0.1) is 36.9 Å². The fourth-order valence-corrected chi connectivity index (χ4v) is 6.06. The topological polar surface area (TPSA) is 106 Å². The van der Waals surface area contributed by atoms with E-state index in [1.54, 1.807) is 29.9 Å². The number of oxazole rings is 1. The molecular weight excluding hydrogens is 516 g/mol. The summed E-state index contributed by atoms with van der Waals surface area (Å²) in [6.07, 6.45) is 9.01. The average molecular weight is 549 g/mol. The summed E-state index contributed by atoms with van der Waals surface area (Å²) in [5.41, 5.74) is 3.36. The van der Waals surface area contributed by atoms with E-state index in [-0.39, 0.29) is 23.0 Å². The second-order valence-electron chi connectivity index (χ2n) is 9.55. The van der Waals surface area contributed by atoms with E-state index < -0.39 is 5.37 Å². The van der Waals surface area contributed by atoms with Crippen molar-refractivity contribution < 1.29 is 23.5 Å². The van der Waals surface area contributed by atoms with Crippen molar-refractivity contribution in [1.29, 1.82) is 0 Å². The Hall–Kier alpha value is -3.79. The first kappa shape index (κ1) is 26.8. The molecule has 1 unspecified atom stereocenters. The maximum absolute atomic E-state index is 12.4. The molecular formula is C29H32N4O5S. The van der Waals surface area contributed by atoms with Gasteiger partial charge in [-0.3, -0.25) is 9.80 Å². The number of nitrogens with zero attached hydrogens (tertiary/aromatic N) is 3. The van der Waals surface area contributed by atoms with E-state index in [1.807, 2.05) is 36.4 Å². The van der Waals surface area contributed by atoms with Crippen molar-refractivity contribution in [2.75, 3.05) is 12.4 Å². The fourth-order valence-electron chi connectivity index (χ4n) is 4.89. The minimum absolute atomic E-state index is 0.0525. The fraction of sp³-hybridized carbons (Fsp3) is 0.379. The van der Waals surface area contributed by atoms with Crippen LogP contribution in [-0.2, 0) is 11.3 Å². The van der Waals surface area contributed by atoms with Crippen molar-refractivity contribution in [3.8, 4) is 11.5 Å². The first-order chi connectivity index (χ1) is 19.1. The van der Waals surface area contributed by atoms with Gasteiger partial charge in [0.25, 0.3) is 5.91 Å². The molecule has 10 heteroatoms. The second kappa shape index (κ2) is 12.4. The Morgan fingerprint density at radius 2 is 2.05 bits per heavy atom. The number of anilines is 1. The molecule has 3 aromatic rings. The maximum atomic E-state index is 12.4. The number of hydrazone groups is 1. The first-order valence-corrected chi connectivity index (χ1v) is 14.1. The summed E-state index contributed by atoms with van der Waals surface area (Å²) >= 11 is 1.59. The van der Waals surface area contributed by atoms with E-state index >= 15 is 0 Å². The van der Waals surface area contributed by atoms with E-state index in [0.717, 1.165) is 48.1 Å². The number of carbonyl (C=O) groups is 2. The molecule has 2 aliphatic rings. The number of ether oxygens (including phenoxy) is 2. The predicted octanol–water partition coefficient (Wildman–Crippen LogP) is 5.51. The van der Waals surface area contributed by atoms with E-state index in [4.69, 9.17) is 19.0 Å². The predicted molar refractivity (Wildman–Crippen MR) is 150 cm³/mol. The highest BCUT2D eigenvalue weighted by Gasteiger charge is 2.32. The van der Waals surface area contributed by atoms with E-state index in [2.05, 4.69) is 17.2 Å². The number of hydrogen-bond acceptors (Lipinski definition) is 9. The Labute approximate surface area is 232 Å². The van der Waals surface area contributed by atoms with E-state index in [9.17, 15) is 9.59 Å². The smallest absolute Gasteiger partial charge is 0.293 e. The average Bonchev–Trinajstić information content (AvgIpc) is 3.68. The van der Waals surface area contributed by atoms with Crippen LogP contribution in [0.5, 0.6) is 11.5 Å². The quantitative estimate of drug-likeness (QED) is 0.331. The van der Waals surface area contributed by atoms with Gasteiger partial charge in [-0.2, -0.15) is 5.10 Å². The molecule has 1 saturated carbocycles. The zero-order chi connectivity index (χ0) is 27.2. The Bertz CT molecular complexity index is 1320. The Balaban J connectivity index is 1.40. The van der Waals surface area contributed by atoms with Crippen LogP contribution in [0.15, 0.2) is 64.6 Å². The molecule has 1 aromatic heterocycles. The zero-order valence-corrected chi connectivity index (χ0v) is 22.9. The van der Waals surface area contributed by atoms with Crippen molar-refractivity contribution in [1.82, 2.24) is 9.99 Å². The number of methoxy groups -OCH3 is 1. The molecule has 0 radical (unpaired) electrons. The van der Waals surface area contributed by atoms with Crippen LogP contribution in [0.1, 0.15) is 60.7 Å². The number of aromatic nitrogens is 1. The van der Waals surface area contributed by atoms with Gasteiger partial charge >= 0.3 is 0 Å². The van der Waals surface area contributed by atoms with Gasteiger partial charge in [-0.1, -0.05) is 19.1 Å². The molecule has 1 fully saturated rings. The van der Waals surface area contributed by atoms with Gasteiger partial charge in [-0.25, -0.2) is 4.98 Å². The number of nitrogens with one attached hydrogen (secondary N) is 1. The highest BCUT2D eigenvalue weighted by molar-refractivity contribution is 8.01. The summed E-state index contributed by atoms with van der Waals surface area (Å²) in [5.74, 6) is 1.17. The lowest BCUT2D eigenvalue weighted by Gasteiger charge is -2.35. The molecule has 0 spiro atoms. The van der Waals surface area contributed by atoms with Gasteiger partial charge in [0.15, 0.2) is 24.2 Å². The van der Waals surface area contributed by atoms with Gasteiger partial charge in [0.1, 0.15) is 5.37 Å².